The highest BCUT2D eigenvalue weighted by Gasteiger charge is 2.25. The van der Waals surface area contributed by atoms with Crippen molar-refractivity contribution in [1.82, 2.24) is 20.4 Å². The summed E-state index contributed by atoms with van der Waals surface area (Å²) in [6, 6.07) is 0. The number of ketones is 1. The topological polar surface area (TPSA) is 97.7 Å². The van der Waals surface area contributed by atoms with E-state index in [1.807, 2.05) is 11.8 Å². The number of amides is 1. The van der Waals surface area contributed by atoms with Crippen LogP contribution in [-0.4, -0.2) is 43.6 Å². The summed E-state index contributed by atoms with van der Waals surface area (Å²) < 4.78 is 0. The average Bonchev–Trinajstić information content (AvgIpc) is 3.58. The molecule has 10 heteroatoms. The summed E-state index contributed by atoms with van der Waals surface area (Å²) >= 11 is 4.87. The van der Waals surface area contributed by atoms with Gasteiger partial charge in [-0.15, -0.1) is 31.7 Å². The molecule has 0 atom stereocenters. The van der Waals surface area contributed by atoms with Gasteiger partial charge in [-0.25, -0.2) is 0 Å². The van der Waals surface area contributed by atoms with Crippen LogP contribution < -0.4 is 5.32 Å². The molecule has 0 unspecified atom stereocenters. The number of carbonyl (C=O) groups is 2. The molecule has 0 bridgehead atoms. The number of aryl methyl sites for hydroxylation is 2. The molecule has 2 aromatic rings. The van der Waals surface area contributed by atoms with Crippen molar-refractivity contribution in [3.8, 4) is 0 Å². The Hall–Kier alpha value is -1.39. The fraction of sp³-hybridized carbons (Fsp3) is 0.684. The first-order chi connectivity index (χ1) is 14.1. The molecule has 2 aliphatic rings. The molecule has 0 spiro atoms. The van der Waals surface area contributed by atoms with Gasteiger partial charge in [0.1, 0.15) is 20.8 Å². The first-order valence-electron chi connectivity index (χ1n) is 10.2. The Morgan fingerprint density at radius 1 is 0.862 bits per heavy atom. The lowest BCUT2D eigenvalue weighted by atomic mass is 10.1. The minimum absolute atomic E-state index is 0.0511. The SMILES string of the molecule is O=C(Cc1nnc(CCSCCc2nnc(NC(=O)CC3CC3)s2)s1)CC1CC1. The molecule has 1 amide bonds. The van der Waals surface area contributed by atoms with Gasteiger partial charge < -0.3 is 5.32 Å². The van der Waals surface area contributed by atoms with E-state index in [9.17, 15) is 9.59 Å². The van der Waals surface area contributed by atoms with Gasteiger partial charge in [0.05, 0.1) is 6.42 Å². The monoisotopic (exact) mass is 451 g/mol. The molecular weight excluding hydrogens is 426 g/mol. The largest absolute Gasteiger partial charge is 0.301 e. The van der Waals surface area contributed by atoms with Gasteiger partial charge in [-0.1, -0.05) is 11.3 Å². The summed E-state index contributed by atoms with van der Waals surface area (Å²) in [7, 11) is 0. The van der Waals surface area contributed by atoms with Crippen molar-refractivity contribution in [1.29, 1.82) is 0 Å². The van der Waals surface area contributed by atoms with Crippen molar-refractivity contribution in [3.05, 3.63) is 15.0 Å². The van der Waals surface area contributed by atoms with Gasteiger partial charge in [-0.2, -0.15) is 11.8 Å². The van der Waals surface area contributed by atoms with E-state index in [0.717, 1.165) is 39.4 Å². The summed E-state index contributed by atoms with van der Waals surface area (Å²) in [5.74, 6) is 3.48. The van der Waals surface area contributed by atoms with Crippen LogP contribution in [0.2, 0.25) is 0 Å². The Balaban J connectivity index is 1.09. The maximum absolute atomic E-state index is 11.9. The number of thioether (sulfide) groups is 1. The maximum Gasteiger partial charge on any atom is 0.226 e. The zero-order chi connectivity index (χ0) is 20.1. The molecule has 2 saturated carbocycles. The smallest absolute Gasteiger partial charge is 0.226 e. The lowest BCUT2D eigenvalue weighted by Crippen LogP contribution is -2.11. The number of rotatable bonds is 13. The Morgan fingerprint density at radius 2 is 1.48 bits per heavy atom. The van der Waals surface area contributed by atoms with Gasteiger partial charge in [0, 0.05) is 25.7 Å². The van der Waals surface area contributed by atoms with E-state index < -0.39 is 0 Å². The second-order valence-corrected chi connectivity index (χ2v) is 11.2. The number of anilines is 1. The molecule has 2 heterocycles. The minimum atomic E-state index is 0.0511. The lowest BCUT2D eigenvalue weighted by molar-refractivity contribution is -0.119. The zero-order valence-electron chi connectivity index (χ0n) is 16.3. The number of hydrogen-bond donors (Lipinski definition) is 1. The van der Waals surface area contributed by atoms with E-state index in [-0.39, 0.29) is 5.91 Å². The van der Waals surface area contributed by atoms with E-state index in [0.29, 0.717) is 42.0 Å². The molecule has 0 saturated heterocycles. The van der Waals surface area contributed by atoms with E-state index >= 15 is 0 Å². The van der Waals surface area contributed by atoms with Crippen LogP contribution in [0.3, 0.4) is 0 Å². The molecule has 7 nitrogen and oxygen atoms in total. The van der Waals surface area contributed by atoms with E-state index in [4.69, 9.17) is 0 Å². The molecule has 1 N–H and O–H groups in total. The van der Waals surface area contributed by atoms with E-state index in [1.54, 1.807) is 11.3 Å². The third-order valence-electron chi connectivity index (χ3n) is 4.88. The summed E-state index contributed by atoms with van der Waals surface area (Å²) in [6.07, 6.45) is 8.23. The molecule has 0 aromatic carbocycles. The fourth-order valence-electron chi connectivity index (χ4n) is 2.93. The number of hydrogen-bond acceptors (Lipinski definition) is 9. The summed E-state index contributed by atoms with van der Waals surface area (Å²) in [5, 5.41) is 22.9. The van der Waals surface area contributed by atoms with Crippen molar-refractivity contribution < 1.29 is 9.59 Å². The number of aromatic nitrogens is 4. The van der Waals surface area contributed by atoms with Crippen LogP contribution in [0.15, 0.2) is 0 Å². The highest BCUT2D eigenvalue weighted by molar-refractivity contribution is 7.99. The van der Waals surface area contributed by atoms with Crippen LogP contribution in [0.25, 0.3) is 0 Å². The fourth-order valence-corrected chi connectivity index (χ4v) is 5.69. The normalized spacial score (nSPS) is 16.1. The zero-order valence-corrected chi connectivity index (χ0v) is 18.7. The van der Waals surface area contributed by atoms with Gasteiger partial charge in [-0.3, -0.25) is 9.59 Å². The average molecular weight is 452 g/mol. The van der Waals surface area contributed by atoms with Gasteiger partial charge in [0.25, 0.3) is 0 Å². The third kappa shape index (κ3) is 7.42. The predicted molar refractivity (Wildman–Crippen MR) is 117 cm³/mol. The Kier molecular flexibility index (Phi) is 7.25. The molecule has 156 valence electrons. The number of nitrogens with one attached hydrogen (secondary N) is 1. The van der Waals surface area contributed by atoms with E-state index in [2.05, 4.69) is 25.7 Å². The van der Waals surface area contributed by atoms with Crippen LogP contribution >= 0.6 is 34.4 Å². The van der Waals surface area contributed by atoms with Crippen LogP contribution in [0.5, 0.6) is 0 Å². The lowest BCUT2D eigenvalue weighted by Gasteiger charge is -1.98. The summed E-state index contributed by atoms with van der Waals surface area (Å²) in [4.78, 5) is 23.7. The molecule has 0 radical (unpaired) electrons. The number of carbonyl (C=O) groups excluding carboxylic acids is 2. The Labute approximate surface area is 182 Å². The number of Topliss-reactive ketones (excluding diaryl/α,β-unsaturated/α-hetero) is 1. The maximum atomic E-state index is 11.9. The van der Waals surface area contributed by atoms with Gasteiger partial charge >= 0.3 is 0 Å². The summed E-state index contributed by atoms with van der Waals surface area (Å²) in [5.41, 5.74) is 0. The molecule has 4 rings (SSSR count). The first kappa shape index (κ1) is 20.9. The molecular formula is C19H25N5O2S3. The van der Waals surface area contributed by atoms with Crippen LogP contribution in [0.1, 0.15) is 53.5 Å². The van der Waals surface area contributed by atoms with Gasteiger partial charge in [-0.05, 0) is 49.0 Å². The molecule has 0 aliphatic heterocycles. The predicted octanol–water partition coefficient (Wildman–Crippen LogP) is 3.56. The quantitative estimate of drug-likeness (QED) is 0.465. The van der Waals surface area contributed by atoms with Crippen LogP contribution in [0.4, 0.5) is 5.13 Å². The van der Waals surface area contributed by atoms with Crippen molar-refractivity contribution in [2.75, 3.05) is 16.8 Å². The highest BCUT2D eigenvalue weighted by atomic mass is 32.2. The third-order valence-corrected chi connectivity index (χ3v) is 7.74. The van der Waals surface area contributed by atoms with Crippen LogP contribution in [0, 0.1) is 11.8 Å². The Morgan fingerprint density at radius 3 is 2.21 bits per heavy atom. The van der Waals surface area contributed by atoms with Crippen molar-refractivity contribution in [3.63, 3.8) is 0 Å². The second kappa shape index (κ2) is 10.1. The summed E-state index contributed by atoms with van der Waals surface area (Å²) in [6.45, 7) is 0. The molecule has 2 fully saturated rings. The standard InChI is InChI=1S/C19H25N5O2S3/c25-14(9-12-1-2-12)11-18-23-21-16(28-18)5-7-27-8-6-17-22-24-19(29-17)20-15(26)10-13-3-4-13/h12-13H,1-11H2,(H,20,24,26). The van der Waals surface area contributed by atoms with Crippen molar-refractivity contribution >= 4 is 51.3 Å². The molecule has 29 heavy (non-hydrogen) atoms. The van der Waals surface area contributed by atoms with Gasteiger partial charge in [0.15, 0.2) is 0 Å². The molecule has 2 aromatic heterocycles. The van der Waals surface area contributed by atoms with Gasteiger partial charge in [0.2, 0.25) is 11.0 Å². The van der Waals surface area contributed by atoms with Crippen molar-refractivity contribution in [2.45, 2.75) is 57.8 Å². The van der Waals surface area contributed by atoms with E-state index in [1.165, 1.54) is 37.0 Å². The second-order valence-electron chi connectivity index (χ2n) is 7.76. The molecule has 2 aliphatic carbocycles. The first-order valence-corrected chi connectivity index (χ1v) is 13.0. The van der Waals surface area contributed by atoms with Crippen LogP contribution in [-0.2, 0) is 28.9 Å². The highest BCUT2D eigenvalue weighted by Crippen LogP contribution is 2.33. The Bertz CT molecular complexity index is 776. The number of nitrogens with zero attached hydrogens (tertiary/aromatic N) is 4. The minimum Gasteiger partial charge on any atom is -0.301 e. The van der Waals surface area contributed by atoms with Crippen molar-refractivity contribution in [2.24, 2.45) is 11.8 Å².